The molecule has 1 aromatic carbocycles. The van der Waals surface area contributed by atoms with E-state index in [0.717, 1.165) is 12.1 Å². The predicted molar refractivity (Wildman–Crippen MR) is 79.3 cm³/mol. The number of carbonyl (C=O) groups excluding carboxylic acids is 1. The molecule has 0 radical (unpaired) electrons. The van der Waals surface area contributed by atoms with E-state index in [9.17, 15) is 9.18 Å². The van der Waals surface area contributed by atoms with E-state index in [0.29, 0.717) is 18.0 Å². The highest BCUT2D eigenvalue weighted by Gasteiger charge is 2.21. The van der Waals surface area contributed by atoms with Gasteiger partial charge < -0.3 is 15.0 Å². The molecule has 2 rings (SSSR count). The topological polar surface area (TPSA) is 41.6 Å². The summed E-state index contributed by atoms with van der Waals surface area (Å²) in [6, 6.07) is 4.84. The van der Waals surface area contributed by atoms with Crippen molar-refractivity contribution in [3.63, 3.8) is 0 Å². The van der Waals surface area contributed by atoms with Crippen molar-refractivity contribution in [3.8, 4) is 0 Å². The van der Waals surface area contributed by atoms with Crippen LogP contribution in [0.5, 0.6) is 0 Å². The Morgan fingerprint density at radius 1 is 1.48 bits per heavy atom. The van der Waals surface area contributed by atoms with Crippen LogP contribution < -0.4 is 5.32 Å². The smallest absolute Gasteiger partial charge is 0.317 e. The maximum Gasteiger partial charge on any atom is 0.317 e. The first-order chi connectivity index (χ1) is 10.1. The number of urea groups is 1. The first-order valence-electron chi connectivity index (χ1n) is 7.35. The van der Waals surface area contributed by atoms with Gasteiger partial charge in [-0.2, -0.15) is 0 Å². The van der Waals surface area contributed by atoms with Crippen molar-refractivity contribution in [1.29, 1.82) is 0 Å². The van der Waals surface area contributed by atoms with Gasteiger partial charge in [0.05, 0.1) is 6.61 Å². The summed E-state index contributed by atoms with van der Waals surface area (Å²) in [4.78, 5) is 13.7. The lowest BCUT2D eigenvalue weighted by Gasteiger charge is -2.30. The number of nitrogens with zero attached hydrogens (tertiary/aromatic N) is 1. The zero-order valence-corrected chi connectivity index (χ0v) is 12.7. The number of hydrogen-bond acceptors (Lipinski definition) is 2. The number of carbonyl (C=O) groups is 1. The average molecular weight is 294 g/mol. The summed E-state index contributed by atoms with van der Waals surface area (Å²) in [7, 11) is 3.33. The molecule has 5 heteroatoms. The summed E-state index contributed by atoms with van der Waals surface area (Å²) >= 11 is 0. The Balaban J connectivity index is 1.81. The van der Waals surface area contributed by atoms with E-state index in [-0.39, 0.29) is 18.5 Å². The number of nitrogens with one attached hydrogen (secondary N) is 1. The van der Waals surface area contributed by atoms with Crippen LogP contribution in [0.2, 0.25) is 0 Å². The van der Waals surface area contributed by atoms with E-state index in [1.807, 2.05) is 6.07 Å². The number of amides is 2. The van der Waals surface area contributed by atoms with Crippen LogP contribution in [0.15, 0.2) is 18.2 Å². The quantitative estimate of drug-likeness (QED) is 0.876. The number of methoxy groups -OCH3 is 1. The van der Waals surface area contributed by atoms with Crippen LogP contribution in [-0.4, -0.2) is 31.6 Å². The monoisotopic (exact) mass is 294 g/mol. The highest BCUT2D eigenvalue weighted by atomic mass is 19.1. The van der Waals surface area contributed by atoms with Crippen LogP contribution in [0, 0.1) is 11.7 Å². The fraction of sp³-hybridized carbons (Fsp3) is 0.562. The second kappa shape index (κ2) is 7.41. The molecule has 0 spiro atoms. The van der Waals surface area contributed by atoms with Gasteiger partial charge in [0, 0.05) is 32.8 Å². The molecule has 1 fully saturated rings. The van der Waals surface area contributed by atoms with Crippen LogP contribution in [0.25, 0.3) is 0 Å². The largest absolute Gasteiger partial charge is 0.380 e. The summed E-state index contributed by atoms with van der Waals surface area (Å²) in [5, 5.41) is 2.82. The minimum absolute atomic E-state index is 0.108. The number of halogens is 1. The summed E-state index contributed by atoms with van der Waals surface area (Å²) in [6.45, 7) is 1.38. The lowest BCUT2D eigenvalue weighted by atomic mass is 9.85. The fourth-order valence-corrected chi connectivity index (χ4v) is 2.43. The zero-order chi connectivity index (χ0) is 15.2. The summed E-state index contributed by atoms with van der Waals surface area (Å²) in [5.41, 5.74) is 1.27. The molecular weight excluding hydrogens is 271 g/mol. The highest BCUT2D eigenvalue weighted by Crippen LogP contribution is 2.26. The summed E-state index contributed by atoms with van der Waals surface area (Å²) < 4.78 is 18.7. The van der Waals surface area contributed by atoms with Gasteiger partial charge in [-0.15, -0.1) is 0 Å². The van der Waals surface area contributed by atoms with Crippen LogP contribution in [0.4, 0.5) is 9.18 Å². The number of hydrogen-bond donors (Lipinski definition) is 1. The highest BCUT2D eigenvalue weighted by molar-refractivity contribution is 5.73. The van der Waals surface area contributed by atoms with Crippen LogP contribution in [0.1, 0.15) is 30.4 Å². The van der Waals surface area contributed by atoms with Crippen molar-refractivity contribution in [2.45, 2.75) is 32.4 Å². The molecule has 1 saturated carbocycles. The molecule has 0 heterocycles. The fourth-order valence-electron chi connectivity index (χ4n) is 2.43. The lowest BCUT2D eigenvalue weighted by Crippen LogP contribution is -2.40. The van der Waals surface area contributed by atoms with Crippen LogP contribution in [-0.2, 0) is 17.9 Å². The predicted octanol–water partition coefficient (Wildman–Crippen LogP) is 2.91. The van der Waals surface area contributed by atoms with Crippen molar-refractivity contribution in [2.24, 2.45) is 5.92 Å². The minimum Gasteiger partial charge on any atom is -0.380 e. The van der Waals surface area contributed by atoms with Gasteiger partial charge in [0.15, 0.2) is 0 Å². The van der Waals surface area contributed by atoms with Crippen molar-refractivity contribution in [2.75, 3.05) is 20.7 Å². The van der Waals surface area contributed by atoms with E-state index < -0.39 is 0 Å². The molecule has 116 valence electrons. The Bertz CT molecular complexity index is 489. The third-order valence-electron chi connectivity index (χ3n) is 3.96. The van der Waals surface area contributed by atoms with Crippen molar-refractivity contribution in [1.82, 2.24) is 10.2 Å². The molecular formula is C16H23FN2O2. The molecule has 1 aliphatic rings. The van der Waals surface area contributed by atoms with Crippen molar-refractivity contribution < 1.29 is 13.9 Å². The maximum atomic E-state index is 13.7. The Kier molecular flexibility index (Phi) is 5.56. The van der Waals surface area contributed by atoms with Gasteiger partial charge in [0.25, 0.3) is 0 Å². The maximum absolute atomic E-state index is 13.7. The van der Waals surface area contributed by atoms with E-state index in [4.69, 9.17) is 4.74 Å². The van der Waals surface area contributed by atoms with E-state index in [1.54, 1.807) is 18.0 Å². The standard InChI is InChI=1S/C16H23FN2O2/c1-19(10-12-4-3-5-12)16(20)18-9-13-6-7-14(11-21-2)15(17)8-13/h6-8,12H,3-5,9-11H2,1-2H3,(H,18,20). The summed E-state index contributed by atoms with van der Waals surface area (Å²) in [5.74, 6) is 0.345. The van der Waals surface area contributed by atoms with E-state index >= 15 is 0 Å². The normalized spacial score (nSPS) is 14.6. The molecule has 0 atom stereocenters. The van der Waals surface area contributed by atoms with E-state index in [2.05, 4.69) is 5.32 Å². The molecule has 0 aliphatic heterocycles. The molecule has 21 heavy (non-hydrogen) atoms. The van der Waals surface area contributed by atoms with Gasteiger partial charge in [-0.25, -0.2) is 9.18 Å². The molecule has 1 N–H and O–H groups in total. The average Bonchev–Trinajstić information content (AvgIpc) is 2.42. The lowest BCUT2D eigenvalue weighted by molar-refractivity contribution is 0.181. The molecule has 1 aliphatic carbocycles. The van der Waals surface area contributed by atoms with Gasteiger partial charge in [-0.3, -0.25) is 0 Å². The molecule has 2 amide bonds. The Morgan fingerprint density at radius 2 is 2.24 bits per heavy atom. The molecule has 0 aromatic heterocycles. The summed E-state index contributed by atoms with van der Waals surface area (Å²) in [6.07, 6.45) is 3.70. The van der Waals surface area contributed by atoms with Crippen molar-refractivity contribution >= 4 is 6.03 Å². The minimum atomic E-state index is -0.300. The van der Waals surface area contributed by atoms with Crippen LogP contribution in [0.3, 0.4) is 0 Å². The van der Waals surface area contributed by atoms with Gasteiger partial charge in [0.1, 0.15) is 5.82 Å². The van der Waals surface area contributed by atoms with Gasteiger partial charge in [0.2, 0.25) is 0 Å². The zero-order valence-electron chi connectivity index (χ0n) is 12.7. The van der Waals surface area contributed by atoms with Gasteiger partial charge >= 0.3 is 6.03 Å². The third-order valence-corrected chi connectivity index (χ3v) is 3.96. The first-order valence-corrected chi connectivity index (χ1v) is 7.35. The Morgan fingerprint density at radius 3 is 2.81 bits per heavy atom. The Labute approximate surface area is 125 Å². The molecule has 0 unspecified atom stereocenters. The van der Waals surface area contributed by atoms with Gasteiger partial charge in [-0.05, 0) is 30.4 Å². The number of ether oxygens (including phenoxy) is 1. The van der Waals surface area contributed by atoms with Gasteiger partial charge in [-0.1, -0.05) is 18.6 Å². The third kappa shape index (κ3) is 4.43. The molecule has 1 aromatic rings. The second-order valence-corrected chi connectivity index (χ2v) is 5.69. The number of rotatable bonds is 6. The molecule has 4 nitrogen and oxygen atoms in total. The van der Waals surface area contributed by atoms with Crippen molar-refractivity contribution in [3.05, 3.63) is 35.1 Å². The molecule has 0 bridgehead atoms. The first kappa shape index (κ1) is 15.8. The Hall–Kier alpha value is -1.62. The van der Waals surface area contributed by atoms with Crippen LogP contribution >= 0.6 is 0 Å². The second-order valence-electron chi connectivity index (χ2n) is 5.69. The van der Waals surface area contributed by atoms with E-state index in [1.165, 1.54) is 32.4 Å². The molecule has 0 saturated heterocycles. The number of benzene rings is 1. The SMILES string of the molecule is COCc1ccc(CNC(=O)N(C)CC2CCC2)cc1F.